The van der Waals surface area contributed by atoms with E-state index in [9.17, 15) is 28.8 Å². The number of piperidine rings is 1. The molecular weight excluding hydrogens is 827 g/mol. The largest absolute Gasteiger partial charge is 0.490 e. The number of imide groups is 2. The van der Waals surface area contributed by atoms with E-state index in [1.165, 1.54) is 13.0 Å². The van der Waals surface area contributed by atoms with Gasteiger partial charge in [-0.15, -0.1) is 0 Å². The first-order chi connectivity index (χ1) is 30.5. The summed E-state index contributed by atoms with van der Waals surface area (Å²) in [5, 5.41) is 5.28. The summed E-state index contributed by atoms with van der Waals surface area (Å²) in [6, 6.07) is 25.1. The Bertz CT molecular complexity index is 2530. The number of carbonyl (C=O) groups excluding carboxylic acids is 6. The highest BCUT2D eigenvalue weighted by molar-refractivity contribution is 8.04. The van der Waals surface area contributed by atoms with Gasteiger partial charge in [-0.3, -0.25) is 39.0 Å². The van der Waals surface area contributed by atoms with E-state index >= 15 is 0 Å². The van der Waals surface area contributed by atoms with Crippen LogP contribution in [0.4, 0.5) is 11.4 Å². The number of ether oxygens (including phenoxy) is 4. The van der Waals surface area contributed by atoms with Gasteiger partial charge in [0.2, 0.25) is 17.7 Å². The molecule has 63 heavy (non-hydrogen) atoms. The molecule has 6 amide bonds. The van der Waals surface area contributed by atoms with Gasteiger partial charge in [-0.2, -0.15) is 0 Å². The summed E-state index contributed by atoms with van der Waals surface area (Å²) in [7, 11) is 0. The number of amides is 6. The number of carbonyl (C=O) groups is 6. The van der Waals surface area contributed by atoms with Gasteiger partial charge in [-0.25, -0.2) is 0 Å². The molecule has 2 unspecified atom stereocenters. The van der Waals surface area contributed by atoms with E-state index in [-0.39, 0.29) is 81.2 Å². The van der Waals surface area contributed by atoms with E-state index in [0.29, 0.717) is 17.9 Å². The zero-order valence-corrected chi connectivity index (χ0v) is 36.0. The Morgan fingerprint density at radius 1 is 0.762 bits per heavy atom. The Hall–Kier alpha value is -6.49. The van der Waals surface area contributed by atoms with Gasteiger partial charge in [0.1, 0.15) is 30.8 Å². The number of benzene rings is 4. The van der Waals surface area contributed by atoms with Crippen LogP contribution in [0.5, 0.6) is 11.5 Å². The van der Waals surface area contributed by atoms with Gasteiger partial charge < -0.3 is 34.1 Å². The van der Waals surface area contributed by atoms with Crippen molar-refractivity contribution in [3.05, 3.63) is 123 Å². The summed E-state index contributed by atoms with van der Waals surface area (Å²) in [6.07, 6.45) is 0.825. The van der Waals surface area contributed by atoms with Crippen molar-refractivity contribution in [2.24, 2.45) is 0 Å². The second-order valence-electron chi connectivity index (χ2n) is 15.3. The Morgan fingerprint density at radius 2 is 1.46 bits per heavy atom. The first-order valence-corrected chi connectivity index (χ1v) is 21.7. The molecule has 0 aromatic heterocycles. The van der Waals surface area contributed by atoms with Crippen LogP contribution in [0.2, 0.25) is 0 Å². The Labute approximate surface area is 368 Å². The topological polar surface area (TPSA) is 173 Å². The molecule has 0 radical (unpaired) electrons. The lowest BCUT2D eigenvalue weighted by molar-refractivity contribution is -0.136. The molecule has 8 rings (SSSR count). The molecule has 0 aliphatic carbocycles. The van der Waals surface area contributed by atoms with Gasteiger partial charge in [0.15, 0.2) is 5.50 Å². The highest BCUT2D eigenvalue weighted by Gasteiger charge is 2.46. The Morgan fingerprint density at radius 3 is 2.21 bits per heavy atom. The van der Waals surface area contributed by atoms with Crippen LogP contribution in [0.3, 0.4) is 0 Å². The maximum absolute atomic E-state index is 13.6. The number of nitrogens with zero attached hydrogens (tertiary/aromatic N) is 3. The summed E-state index contributed by atoms with van der Waals surface area (Å²) >= 11 is 1.55. The van der Waals surface area contributed by atoms with E-state index in [0.717, 1.165) is 50.0 Å². The summed E-state index contributed by atoms with van der Waals surface area (Å²) < 4.78 is 23.6. The highest BCUT2D eigenvalue weighted by Crippen LogP contribution is 2.48. The number of hydrogen-bond acceptors (Lipinski definition) is 12. The number of aryl methyl sites for hydroxylation is 1. The second kappa shape index (κ2) is 18.9. The van der Waals surface area contributed by atoms with Crippen LogP contribution < -0.4 is 29.9 Å². The molecule has 0 saturated carbocycles. The van der Waals surface area contributed by atoms with Crippen molar-refractivity contribution in [1.82, 2.24) is 15.5 Å². The number of para-hydroxylation sites is 2. The molecule has 2 atom stereocenters. The molecular formula is C47H47N5O10S. The fraction of sp³-hybridized carbons (Fsp3) is 0.319. The third kappa shape index (κ3) is 8.92. The van der Waals surface area contributed by atoms with Crippen LogP contribution in [-0.4, -0.2) is 98.1 Å². The van der Waals surface area contributed by atoms with E-state index in [1.54, 1.807) is 23.9 Å². The van der Waals surface area contributed by atoms with Crippen molar-refractivity contribution in [3.8, 4) is 11.5 Å². The molecule has 0 spiro atoms. The third-order valence-electron chi connectivity index (χ3n) is 11.2. The van der Waals surface area contributed by atoms with Crippen LogP contribution >= 0.6 is 11.8 Å². The standard InChI is InChI=1S/C47H47N5O10S/c1-28-9-4-5-10-33(28)44(56)50-20-19-31-27-32(15-16-35(31)50)42-29(2)63-47(48-30(3)53)51(42)36-12-6-7-13-38(36)61-25-23-59-21-22-60-24-26-62-39-14-8-11-34-41(39)46(58)52(45(34)57)37-17-18-40(54)49-43(37)55/h4-16,27,37,47H,17-26H2,1-3H3,(H,48,53)(H,49,54,55). The molecule has 4 aliphatic rings. The molecule has 4 heterocycles. The Balaban J connectivity index is 0.837. The number of fused-ring (bicyclic) bond motifs is 2. The molecule has 4 aromatic carbocycles. The molecule has 0 bridgehead atoms. The number of allylic oxidation sites excluding steroid dienone is 1. The van der Waals surface area contributed by atoms with Crippen molar-refractivity contribution in [1.29, 1.82) is 0 Å². The minimum Gasteiger partial charge on any atom is -0.490 e. The minimum absolute atomic E-state index is 0.0125. The number of nitrogens with one attached hydrogen (secondary N) is 2. The molecule has 326 valence electrons. The molecule has 4 aliphatic heterocycles. The minimum atomic E-state index is -1.06. The van der Waals surface area contributed by atoms with Gasteiger partial charge in [0.25, 0.3) is 17.7 Å². The lowest BCUT2D eigenvalue weighted by Gasteiger charge is -2.31. The lowest BCUT2D eigenvalue weighted by atomic mass is 10.0. The van der Waals surface area contributed by atoms with Gasteiger partial charge in [-0.1, -0.05) is 54.2 Å². The fourth-order valence-corrected chi connectivity index (χ4v) is 9.48. The van der Waals surface area contributed by atoms with Crippen LogP contribution in [0, 0.1) is 6.92 Å². The van der Waals surface area contributed by atoms with Crippen LogP contribution in [-0.2, 0) is 30.3 Å². The number of anilines is 2. The molecule has 4 aromatic rings. The first kappa shape index (κ1) is 43.2. The molecule has 1 saturated heterocycles. The van der Waals surface area contributed by atoms with E-state index in [2.05, 4.69) is 21.6 Å². The van der Waals surface area contributed by atoms with Crippen LogP contribution in [0.15, 0.2) is 89.8 Å². The highest BCUT2D eigenvalue weighted by atomic mass is 32.2. The van der Waals surface area contributed by atoms with Crippen LogP contribution in [0.1, 0.15) is 74.5 Å². The number of thioether (sulfide) groups is 1. The second-order valence-corrected chi connectivity index (χ2v) is 16.6. The normalized spacial score (nSPS) is 18.2. The van der Waals surface area contributed by atoms with Crippen molar-refractivity contribution >= 4 is 64.3 Å². The quantitative estimate of drug-likeness (QED) is 0.108. The van der Waals surface area contributed by atoms with E-state index < -0.39 is 35.2 Å². The van der Waals surface area contributed by atoms with E-state index in [4.69, 9.17) is 18.9 Å². The SMILES string of the molecule is CC(=O)NC1SC(C)=C(c2ccc3c(c2)CCN3C(=O)c2ccccc2C)N1c1ccccc1OCCOCCOCCOc1cccc2c1C(=O)N(C1CCC(=O)NC1=O)C2=O. The summed E-state index contributed by atoms with van der Waals surface area (Å²) in [4.78, 5) is 82.3. The average molecular weight is 874 g/mol. The van der Waals surface area contributed by atoms with Gasteiger partial charge in [0, 0.05) is 36.0 Å². The smallest absolute Gasteiger partial charge is 0.266 e. The number of hydrogen-bond donors (Lipinski definition) is 2. The predicted molar refractivity (Wildman–Crippen MR) is 235 cm³/mol. The maximum Gasteiger partial charge on any atom is 0.266 e. The monoisotopic (exact) mass is 873 g/mol. The van der Waals surface area contributed by atoms with Gasteiger partial charge in [0.05, 0.1) is 48.9 Å². The average Bonchev–Trinajstić information content (AvgIpc) is 3.91. The van der Waals surface area contributed by atoms with E-state index in [1.807, 2.05) is 79.4 Å². The summed E-state index contributed by atoms with van der Waals surface area (Å²) in [5.74, 6) is -1.72. The van der Waals surface area contributed by atoms with Crippen molar-refractivity contribution in [2.45, 2.75) is 51.6 Å². The van der Waals surface area contributed by atoms with Crippen molar-refractivity contribution < 1.29 is 47.7 Å². The lowest BCUT2D eigenvalue weighted by Crippen LogP contribution is -2.54. The van der Waals surface area contributed by atoms with Gasteiger partial charge in [-0.05, 0) is 85.8 Å². The molecule has 1 fully saturated rings. The predicted octanol–water partition coefficient (Wildman–Crippen LogP) is 5.45. The van der Waals surface area contributed by atoms with Gasteiger partial charge >= 0.3 is 0 Å². The third-order valence-corrected chi connectivity index (χ3v) is 12.3. The van der Waals surface area contributed by atoms with Crippen molar-refractivity contribution in [3.63, 3.8) is 0 Å². The number of rotatable bonds is 16. The Kier molecular flexibility index (Phi) is 12.9. The van der Waals surface area contributed by atoms with Crippen molar-refractivity contribution in [2.75, 3.05) is 56.0 Å². The summed E-state index contributed by atoms with van der Waals surface area (Å²) in [5.41, 5.74) is 6.08. The summed E-state index contributed by atoms with van der Waals surface area (Å²) in [6.45, 7) is 7.43. The maximum atomic E-state index is 13.6. The molecule has 2 N–H and O–H groups in total. The first-order valence-electron chi connectivity index (χ1n) is 20.8. The van der Waals surface area contributed by atoms with Crippen LogP contribution in [0.25, 0.3) is 5.70 Å². The zero-order chi connectivity index (χ0) is 44.2. The zero-order valence-electron chi connectivity index (χ0n) is 35.1. The fourth-order valence-electron chi connectivity index (χ4n) is 8.26. The molecule has 15 nitrogen and oxygen atoms in total. The molecule has 16 heteroatoms.